The van der Waals surface area contributed by atoms with Crippen LogP contribution in [0.3, 0.4) is 0 Å². The molecule has 0 bridgehead atoms. The van der Waals surface area contributed by atoms with E-state index in [2.05, 4.69) is 15.3 Å². The molecule has 0 radical (unpaired) electrons. The van der Waals surface area contributed by atoms with Gasteiger partial charge < -0.3 is 11.1 Å². The van der Waals surface area contributed by atoms with Gasteiger partial charge in [-0.05, 0) is 25.0 Å². The third-order valence-electron chi connectivity index (χ3n) is 3.49. The number of hydrogen-bond acceptors (Lipinski definition) is 4. The Balaban J connectivity index is 2.10. The van der Waals surface area contributed by atoms with Crippen molar-refractivity contribution in [1.82, 2.24) is 14.5 Å². The zero-order valence-electron chi connectivity index (χ0n) is 11.7. The molecule has 6 nitrogen and oxygen atoms in total. The van der Waals surface area contributed by atoms with Gasteiger partial charge in [-0.1, -0.05) is 13.8 Å². The van der Waals surface area contributed by atoms with E-state index in [1.54, 1.807) is 35.6 Å². The molecule has 0 aliphatic carbocycles. The Morgan fingerprint density at radius 2 is 2.15 bits per heavy atom. The number of nitrogens with two attached hydrogens (primary N) is 1. The second kappa shape index (κ2) is 5.83. The van der Waals surface area contributed by atoms with Gasteiger partial charge in [-0.25, -0.2) is 9.97 Å². The van der Waals surface area contributed by atoms with Crippen LogP contribution in [-0.2, 0) is 4.79 Å². The summed E-state index contributed by atoms with van der Waals surface area (Å²) in [4.78, 5) is 20.4. The molecule has 0 spiro atoms. The summed E-state index contributed by atoms with van der Waals surface area (Å²) >= 11 is 0. The summed E-state index contributed by atoms with van der Waals surface area (Å²) in [5, 5.41) is 2.81. The molecule has 2 aromatic rings. The molecule has 3 N–H and O–H groups in total. The number of anilines is 1. The molecule has 0 unspecified atom stereocenters. The van der Waals surface area contributed by atoms with Crippen molar-refractivity contribution in [1.29, 1.82) is 0 Å². The van der Waals surface area contributed by atoms with Crippen LogP contribution >= 0.6 is 0 Å². The molecule has 6 heteroatoms. The van der Waals surface area contributed by atoms with E-state index in [0.717, 1.165) is 5.82 Å². The molecule has 2 heterocycles. The van der Waals surface area contributed by atoms with Crippen molar-refractivity contribution in [3.63, 3.8) is 0 Å². The topological polar surface area (TPSA) is 85.8 Å². The molecule has 0 aliphatic heterocycles. The fourth-order valence-electron chi connectivity index (χ4n) is 1.83. The standard InChI is InChI=1S/C14H19N5O/c1-3-14(15,4-2)13(20)18-11-5-6-12(17-9-11)19-8-7-16-10-19/h5-10H,3-4,15H2,1-2H3,(H,18,20). The van der Waals surface area contributed by atoms with Gasteiger partial charge in [0.1, 0.15) is 12.1 Å². The third kappa shape index (κ3) is 2.85. The molecule has 106 valence electrons. The van der Waals surface area contributed by atoms with E-state index in [4.69, 9.17) is 5.73 Å². The molecular formula is C14H19N5O. The number of aromatic nitrogens is 3. The maximum Gasteiger partial charge on any atom is 0.244 e. The van der Waals surface area contributed by atoms with Crippen molar-refractivity contribution in [2.45, 2.75) is 32.2 Å². The number of rotatable bonds is 5. The highest BCUT2D eigenvalue weighted by atomic mass is 16.2. The highest BCUT2D eigenvalue weighted by Gasteiger charge is 2.29. The molecule has 0 fully saturated rings. The lowest BCUT2D eigenvalue weighted by molar-refractivity contribution is -0.121. The first-order valence-corrected chi connectivity index (χ1v) is 6.64. The zero-order chi connectivity index (χ0) is 14.6. The number of amides is 1. The molecule has 0 aromatic carbocycles. The van der Waals surface area contributed by atoms with Crippen molar-refractivity contribution in [3.05, 3.63) is 37.1 Å². The van der Waals surface area contributed by atoms with Gasteiger partial charge in [-0.2, -0.15) is 0 Å². The summed E-state index contributed by atoms with van der Waals surface area (Å²) in [6.07, 6.45) is 7.95. The lowest BCUT2D eigenvalue weighted by atomic mass is 9.93. The van der Waals surface area contributed by atoms with Crippen LogP contribution in [0.2, 0.25) is 0 Å². The Kier molecular flexibility index (Phi) is 4.14. The Hall–Kier alpha value is -2.21. The van der Waals surface area contributed by atoms with Gasteiger partial charge in [0.05, 0.1) is 17.4 Å². The SMILES string of the molecule is CCC(N)(CC)C(=O)Nc1ccc(-n2ccnc2)nc1. The Morgan fingerprint density at radius 1 is 1.40 bits per heavy atom. The zero-order valence-corrected chi connectivity index (χ0v) is 11.7. The number of hydrogen-bond donors (Lipinski definition) is 2. The van der Waals surface area contributed by atoms with Gasteiger partial charge in [0, 0.05) is 12.4 Å². The van der Waals surface area contributed by atoms with E-state index < -0.39 is 5.54 Å². The molecule has 1 amide bonds. The summed E-state index contributed by atoms with van der Waals surface area (Å²) in [7, 11) is 0. The second-order valence-corrected chi connectivity index (χ2v) is 4.69. The largest absolute Gasteiger partial charge is 0.323 e. The smallest absolute Gasteiger partial charge is 0.244 e. The van der Waals surface area contributed by atoms with E-state index in [0.29, 0.717) is 18.5 Å². The van der Waals surface area contributed by atoms with Crippen molar-refractivity contribution < 1.29 is 4.79 Å². The molecule has 2 aromatic heterocycles. The second-order valence-electron chi connectivity index (χ2n) is 4.69. The Bertz CT molecular complexity index is 558. The van der Waals surface area contributed by atoms with E-state index in [-0.39, 0.29) is 5.91 Å². The van der Waals surface area contributed by atoms with Crippen molar-refractivity contribution in [2.24, 2.45) is 5.73 Å². The molecule has 20 heavy (non-hydrogen) atoms. The summed E-state index contributed by atoms with van der Waals surface area (Å²) < 4.78 is 1.79. The summed E-state index contributed by atoms with van der Waals surface area (Å²) in [5.74, 6) is 0.560. The number of nitrogens with one attached hydrogen (secondary N) is 1. The maximum atomic E-state index is 12.1. The molecule has 0 aliphatic rings. The molecule has 2 rings (SSSR count). The number of nitrogens with zero attached hydrogens (tertiary/aromatic N) is 3. The van der Waals surface area contributed by atoms with Crippen LogP contribution in [0.25, 0.3) is 5.82 Å². The van der Waals surface area contributed by atoms with Crippen molar-refractivity contribution in [3.8, 4) is 5.82 Å². The minimum absolute atomic E-state index is 0.181. The lowest BCUT2D eigenvalue weighted by Gasteiger charge is -2.25. The number of pyridine rings is 1. The fraction of sp³-hybridized carbons (Fsp3) is 0.357. The summed E-state index contributed by atoms with van der Waals surface area (Å²) in [6.45, 7) is 3.81. The van der Waals surface area contributed by atoms with Gasteiger partial charge in [0.15, 0.2) is 0 Å². The van der Waals surface area contributed by atoms with Crippen LogP contribution in [0.1, 0.15) is 26.7 Å². The van der Waals surface area contributed by atoms with Gasteiger partial charge in [0.2, 0.25) is 5.91 Å². The van der Waals surface area contributed by atoms with E-state index >= 15 is 0 Å². The van der Waals surface area contributed by atoms with Crippen molar-refractivity contribution in [2.75, 3.05) is 5.32 Å². The molecule has 0 atom stereocenters. The van der Waals surface area contributed by atoms with Crippen molar-refractivity contribution >= 4 is 11.6 Å². The van der Waals surface area contributed by atoms with Gasteiger partial charge >= 0.3 is 0 Å². The Labute approximate surface area is 118 Å². The number of carbonyl (C=O) groups is 1. The van der Waals surface area contributed by atoms with Crippen LogP contribution in [0.4, 0.5) is 5.69 Å². The average Bonchev–Trinajstić information content (AvgIpc) is 3.01. The minimum atomic E-state index is -0.830. The normalized spacial score (nSPS) is 11.3. The van der Waals surface area contributed by atoms with Crippen LogP contribution < -0.4 is 11.1 Å². The molecule has 0 saturated carbocycles. The first kappa shape index (κ1) is 14.2. The predicted octanol–water partition coefficient (Wildman–Crippen LogP) is 1.72. The number of imidazole rings is 1. The van der Waals surface area contributed by atoms with E-state index in [1.165, 1.54) is 0 Å². The van der Waals surface area contributed by atoms with E-state index in [9.17, 15) is 4.79 Å². The maximum absolute atomic E-state index is 12.1. The van der Waals surface area contributed by atoms with Crippen LogP contribution in [-0.4, -0.2) is 26.0 Å². The highest BCUT2D eigenvalue weighted by Crippen LogP contribution is 2.16. The third-order valence-corrected chi connectivity index (χ3v) is 3.49. The lowest BCUT2D eigenvalue weighted by Crippen LogP contribution is -2.50. The molecule has 0 saturated heterocycles. The molecular weight excluding hydrogens is 254 g/mol. The monoisotopic (exact) mass is 273 g/mol. The summed E-state index contributed by atoms with van der Waals surface area (Å²) in [5.41, 5.74) is 5.85. The van der Waals surface area contributed by atoms with Gasteiger partial charge in [-0.3, -0.25) is 9.36 Å². The van der Waals surface area contributed by atoms with Gasteiger partial charge in [-0.15, -0.1) is 0 Å². The van der Waals surface area contributed by atoms with E-state index in [1.807, 2.05) is 19.9 Å². The highest BCUT2D eigenvalue weighted by molar-refractivity contribution is 5.97. The Morgan fingerprint density at radius 3 is 2.65 bits per heavy atom. The van der Waals surface area contributed by atoms with Gasteiger partial charge in [0.25, 0.3) is 0 Å². The van der Waals surface area contributed by atoms with Crippen LogP contribution in [0.15, 0.2) is 37.1 Å². The fourth-order valence-corrected chi connectivity index (χ4v) is 1.83. The van der Waals surface area contributed by atoms with Crippen LogP contribution in [0.5, 0.6) is 0 Å². The average molecular weight is 273 g/mol. The predicted molar refractivity (Wildman–Crippen MR) is 77.5 cm³/mol. The number of carbonyl (C=O) groups excluding carboxylic acids is 1. The van der Waals surface area contributed by atoms with Crippen LogP contribution in [0, 0.1) is 0 Å². The minimum Gasteiger partial charge on any atom is -0.323 e. The first-order valence-electron chi connectivity index (χ1n) is 6.64. The summed E-state index contributed by atoms with van der Waals surface area (Å²) in [6, 6.07) is 3.61. The quantitative estimate of drug-likeness (QED) is 0.868. The first-order chi connectivity index (χ1) is 9.59.